The van der Waals surface area contributed by atoms with E-state index in [1.165, 1.54) is 11.1 Å². The third kappa shape index (κ3) is 6.45. The van der Waals surface area contributed by atoms with Crippen molar-refractivity contribution >= 4 is 11.8 Å². The van der Waals surface area contributed by atoms with Crippen molar-refractivity contribution in [1.82, 2.24) is 4.90 Å². The van der Waals surface area contributed by atoms with Gasteiger partial charge in [0.05, 0.1) is 7.11 Å². The summed E-state index contributed by atoms with van der Waals surface area (Å²) >= 11 is 1.98. The van der Waals surface area contributed by atoms with Crippen LogP contribution < -0.4 is 9.47 Å². The minimum atomic E-state index is -0.459. The molecule has 1 aliphatic heterocycles. The summed E-state index contributed by atoms with van der Waals surface area (Å²) in [5.41, 5.74) is 2.41. The Balaban J connectivity index is 1.52. The lowest BCUT2D eigenvalue weighted by Gasteiger charge is -2.28. The van der Waals surface area contributed by atoms with E-state index >= 15 is 0 Å². The van der Waals surface area contributed by atoms with Gasteiger partial charge in [-0.15, -0.1) is 0 Å². The van der Waals surface area contributed by atoms with E-state index < -0.39 is 6.10 Å². The lowest BCUT2D eigenvalue weighted by atomic mass is 10.0. The number of aryl methyl sites for hydroxylation is 2. The van der Waals surface area contributed by atoms with Crippen LogP contribution in [0.25, 0.3) is 0 Å². The van der Waals surface area contributed by atoms with Gasteiger partial charge >= 0.3 is 0 Å². The highest BCUT2D eigenvalue weighted by molar-refractivity contribution is 7.99. The maximum absolute atomic E-state index is 10.3. The fraction of sp³-hybridized carbons (Fsp3) is 0.455. The smallest absolute Gasteiger partial charge is 0.122 e. The molecule has 1 aliphatic rings. The van der Waals surface area contributed by atoms with Gasteiger partial charge in [0, 0.05) is 31.1 Å². The summed E-state index contributed by atoms with van der Waals surface area (Å²) < 4.78 is 11.3. The van der Waals surface area contributed by atoms with Gasteiger partial charge < -0.3 is 14.6 Å². The molecule has 1 heterocycles. The molecule has 0 aromatic heterocycles. The van der Waals surface area contributed by atoms with Crippen molar-refractivity contribution in [3.63, 3.8) is 0 Å². The summed E-state index contributed by atoms with van der Waals surface area (Å²) in [7, 11) is 1.69. The van der Waals surface area contributed by atoms with Crippen LogP contribution in [0.4, 0.5) is 0 Å². The zero-order valence-corrected chi connectivity index (χ0v) is 16.8. The molecule has 2 aromatic carbocycles. The van der Waals surface area contributed by atoms with E-state index in [0.717, 1.165) is 48.9 Å². The summed E-state index contributed by atoms with van der Waals surface area (Å²) in [5, 5.41) is 10.3. The monoisotopic (exact) mass is 387 g/mol. The number of hydrogen-bond acceptors (Lipinski definition) is 5. The van der Waals surface area contributed by atoms with Gasteiger partial charge in [-0.05, 0) is 42.2 Å². The molecular formula is C22H29NO3S. The Hall–Kier alpha value is -1.69. The number of methoxy groups -OCH3 is 1. The first-order chi connectivity index (χ1) is 13.2. The second kappa shape index (κ2) is 10.6. The highest BCUT2D eigenvalue weighted by atomic mass is 32.2. The zero-order valence-electron chi connectivity index (χ0n) is 16.0. The number of β-amino-alcohol motifs (C(OH)–C–C–N with tert-alkyl or cyclic N) is 1. The van der Waals surface area contributed by atoms with E-state index in [1.54, 1.807) is 7.11 Å². The molecule has 146 valence electrons. The number of thioether (sulfide) groups is 1. The molecule has 1 unspecified atom stereocenters. The van der Waals surface area contributed by atoms with E-state index in [9.17, 15) is 5.11 Å². The summed E-state index contributed by atoms with van der Waals surface area (Å²) in [6.07, 6.45) is 1.36. The van der Waals surface area contributed by atoms with Gasteiger partial charge in [0.25, 0.3) is 0 Å². The van der Waals surface area contributed by atoms with E-state index in [0.29, 0.717) is 13.2 Å². The minimum absolute atomic E-state index is 0.333. The number of aliphatic hydroxyl groups excluding tert-OH is 1. The van der Waals surface area contributed by atoms with Crippen LogP contribution in [0.3, 0.4) is 0 Å². The molecule has 1 saturated heterocycles. The largest absolute Gasteiger partial charge is 0.497 e. The molecule has 1 fully saturated rings. The highest BCUT2D eigenvalue weighted by Crippen LogP contribution is 2.22. The number of para-hydroxylation sites is 1. The van der Waals surface area contributed by atoms with Crippen molar-refractivity contribution in [3.8, 4) is 11.5 Å². The molecule has 1 atom stereocenters. The minimum Gasteiger partial charge on any atom is -0.497 e. The van der Waals surface area contributed by atoms with Crippen molar-refractivity contribution in [2.24, 2.45) is 0 Å². The van der Waals surface area contributed by atoms with Crippen LogP contribution in [-0.2, 0) is 12.8 Å². The quantitative estimate of drug-likeness (QED) is 0.715. The van der Waals surface area contributed by atoms with Crippen LogP contribution >= 0.6 is 11.8 Å². The molecule has 0 saturated carbocycles. The first-order valence-corrected chi connectivity index (χ1v) is 10.7. The van der Waals surface area contributed by atoms with Gasteiger partial charge in [-0.3, -0.25) is 4.90 Å². The Morgan fingerprint density at radius 1 is 1.07 bits per heavy atom. The van der Waals surface area contributed by atoms with Gasteiger partial charge in [0.15, 0.2) is 0 Å². The Labute approximate surface area is 166 Å². The number of rotatable bonds is 9. The number of benzene rings is 2. The topological polar surface area (TPSA) is 41.9 Å². The van der Waals surface area contributed by atoms with E-state index in [-0.39, 0.29) is 0 Å². The van der Waals surface area contributed by atoms with Gasteiger partial charge in [-0.25, -0.2) is 0 Å². The molecule has 4 nitrogen and oxygen atoms in total. The first-order valence-electron chi connectivity index (χ1n) is 9.56. The Morgan fingerprint density at radius 3 is 2.70 bits per heavy atom. The van der Waals surface area contributed by atoms with Crippen LogP contribution in [-0.4, -0.2) is 61.0 Å². The molecule has 3 rings (SSSR count). The third-order valence-corrected chi connectivity index (χ3v) is 5.74. The molecular weight excluding hydrogens is 358 g/mol. The van der Waals surface area contributed by atoms with Gasteiger partial charge in [-0.1, -0.05) is 30.3 Å². The molecule has 0 spiro atoms. The number of nitrogens with zero attached hydrogens (tertiary/aromatic N) is 1. The first kappa shape index (κ1) is 20.1. The SMILES string of the molecule is COc1cccc(CCc2ccccc2OCC(O)CN2CCSCC2)c1. The second-order valence-electron chi connectivity index (χ2n) is 6.84. The fourth-order valence-corrected chi connectivity index (χ4v) is 4.26. The molecule has 5 heteroatoms. The lowest BCUT2D eigenvalue weighted by Crippen LogP contribution is -2.40. The van der Waals surface area contributed by atoms with E-state index in [4.69, 9.17) is 9.47 Å². The molecule has 27 heavy (non-hydrogen) atoms. The average Bonchev–Trinajstić information content (AvgIpc) is 2.72. The standard InChI is InChI=1S/C22H29NO3S/c1-25-21-7-4-5-18(15-21)9-10-19-6-2-3-8-22(19)26-17-20(24)16-23-11-13-27-14-12-23/h2-8,15,20,24H,9-14,16-17H2,1H3. The van der Waals surface area contributed by atoms with Gasteiger partial charge in [-0.2, -0.15) is 11.8 Å². The van der Waals surface area contributed by atoms with Crippen molar-refractivity contribution in [2.75, 3.05) is 44.9 Å². The normalized spacial score (nSPS) is 16.1. The van der Waals surface area contributed by atoms with Crippen LogP contribution in [0, 0.1) is 0 Å². The molecule has 0 aliphatic carbocycles. The molecule has 0 bridgehead atoms. The van der Waals surface area contributed by atoms with Crippen molar-refractivity contribution in [1.29, 1.82) is 0 Å². The zero-order chi connectivity index (χ0) is 18.9. The molecule has 0 amide bonds. The maximum Gasteiger partial charge on any atom is 0.122 e. The van der Waals surface area contributed by atoms with Crippen LogP contribution in [0.1, 0.15) is 11.1 Å². The maximum atomic E-state index is 10.3. The Bertz CT molecular complexity index is 703. The lowest BCUT2D eigenvalue weighted by molar-refractivity contribution is 0.0712. The van der Waals surface area contributed by atoms with E-state index in [1.807, 2.05) is 42.1 Å². The molecule has 1 N–H and O–H groups in total. The Morgan fingerprint density at radius 2 is 1.89 bits per heavy atom. The third-order valence-electron chi connectivity index (χ3n) is 4.79. The predicted octanol–water partition coefficient (Wildman–Crippen LogP) is 3.27. The summed E-state index contributed by atoms with van der Waals surface area (Å²) in [5.74, 6) is 4.06. The van der Waals surface area contributed by atoms with Gasteiger partial charge in [0.1, 0.15) is 24.2 Å². The van der Waals surface area contributed by atoms with Crippen LogP contribution in [0.2, 0.25) is 0 Å². The molecule has 2 aromatic rings. The summed E-state index contributed by atoms with van der Waals surface area (Å²) in [4.78, 5) is 2.32. The second-order valence-corrected chi connectivity index (χ2v) is 8.06. The predicted molar refractivity (Wildman–Crippen MR) is 112 cm³/mol. The number of hydrogen-bond donors (Lipinski definition) is 1. The van der Waals surface area contributed by atoms with Crippen molar-refractivity contribution in [2.45, 2.75) is 18.9 Å². The fourth-order valence-electron chi connectivity index (χ4n) is 3.28. The van der Waals surface area contributed by atoms with Crippen LogP contribution in [0.15, 0.2) is 48.5 Å². The Kier molecular flexibility index (Phi) is 7.87. The van der Waals surface area contributed by atoms with Crippen molar-refractivity contribution < 1.29 is 14.6 Å². The summed E-state index contributed by atoms with van der Waals surface area (Å²) in [6, 6.07) is 16.3. The number of aliphatic hydroxyl groups is 1. The van der Waals surface area contributed by atoms with Crippen molar-refractivity contribution in [3.05, 3.63) is 59.7 Å². The summed E-state index contributed by atoms with van der Waals surface area (Å²) in [6.45, 7) is 3.13. The van der Waals surface area contributed by atoms with Crippen LogP contribution in [0.5, 0.6) is 11.5 Å². The van der Waals surface area contributed by atoms with E-state index in [2.05, 4.69) is 23.1 Å². The number of ether oxygens (including phenoxy) is 2. The molecule has 0 radical (unpaired) electrons. The average molecular weight is 388 g/mol. The highest BCUT2D eigenvalue weighted by Gasteiger charge is 2.15. The van der Waals surface area contributed by atoms with Gasteiger partial charge in [0.2, 0.25) is 0 Å².